The van der Waals surface area contributed by atoms with Crippen LogP contribution >= 0.6 is 0 Å². The van der Waals surface area contributed by atoms with Gasteiger partial charge in [0.1, 0.15) is 6.61 Å². The molecule has 0 N–H and O–H groups in total. The number of carbonyl (C=O) groups is 1. The smallest absolute Gasteiger partial charge is 0.332 e. The first-order chi connectivity index (χ1) is 10.6. The van der Waals surface area contributed by atoms with Crippen LogP contribution in [0.1, 0.15) is 27.2 Å². The van der Waals surface area contributed by atoms with Gasteiger partial charge in [-0.05, 0) is 5.41 Å². The Labute approximate surface area is 133 Å². The molecule has 2 heterocycles. The molecule has 2 rings (SSSR count). The van der Waals surface area contributed by atoms with Crippen molar-refractivity contribution in [3.63, 3.8) is 0 Å². The summed E-state index contributed by atoms with van der Waals surface area (Å²) >= 11 is 0. The van der Waals surface area contributed by atoms with Gasteiger partial charge in [0.05, 0.1) is 19.3 Å². The van der Waals surface area contributed by atoms with Crippen molar-refractivity contribution in [2.75, 3.05) is 6.61 Å². The van der Waals surface area contributed by atoms with Gasteiger partial charge < -0.3 is 9.30 Å². The van der Waals surface area contributed by atoms with Gasteiger partial charge in [-0.25, -0.2) is 9.78 Å². The van der Waals surface area contributed by atoms with Crippen molar-refractivity contribution >= 4 is 17.1 Å². The molecule has 8 nitrogen and oxygen atoms in total. The molecule has 0 atom stereocenters. The highest BCUT2D eigenvalue weighted by Gasteiger charge is 2.18. The summed E-state index contributed by atoms with van der Waals surface area (Å²) in [5.41, 5.74) is -0.334. The van der Waals surface area contributed by atoms with Crippen LogP contribution in [-0.4, -0.2) is 31.3 Å². The van der Waals surface area contributed by atoms with Gasteiger partial charge >= 0.3 is 11.7 Å². The topological polar surface area (TPSA) is 88.1 Å². The van der Waals surface area contributed by atoms with Gasteiger partial charge in [-0.2, -0.15) is 0 Å². The van der Waals surface area contributed by atoms with Crippen LogP contribution in [0.25, 0.3) is 11.2 Å². The van der Waals surface area contributed by atoms with Crippen molar-refractivity contribution in [1.82, 2.24) is 18.7 Å². The zero-order valence-corrected chi connectivity index (χ0v) is 14.1. The summed E-state index contributed by atoms with van der Waals surface area (Å²) in [7, 11) is 2.98. The fraction of sp³-hybridized carbons (Fsp3) is 0.600. The van der Waals surface area contributed by atoms with E-state index in [2.05, 4.69) is 4.98 Å². The van der Waals surface area contributed by atoms with Crippen LogP contribution in [0.5, 0.6) is 0 Å². The fourth-order valence-electron chi connectivity index (χ4n) is 2.31. The zero-order valence-electron chi connectivity index (χ0n) is 14.1. The number of aromatic nitrogens is 4. The van der Waals surface area contributed by atoms with E-state index in [0.717, 1.165) is 4.57 Å². The maximum Gasteiger partial charge on any atom is 0.332 e. The molecule has 0 aliphatic rings. The van der Waals surface area contributed by atoms with Gasteiger partial charge in [0.25, 0.3) is 5.56 Å². The third-order valence-electron chi connectivity index (χ3n) is 3.49. The Morgan fingerprint density at radius 1 is 1.22 bits per heavy atom. The standard InChI is InChI=1S/C15H22N4O4/c1-15(2,3)8-10(20)23-7-6-19-9-16-12-11(19)13(21)18(5)14(22)17(12)4/h9H,6-8H2,1-5H3. The molecule has 0 amide bonds. The first kappa shape index (κ1) is 17.0. The Morgan fingerprint density at radius 2 is 1.87 bits per heavy atom. The lowest BCUT2D eigenvalue weighted by Crippen LogP contribution is -2.37. The summed E-state index contributed by atoms with van der Waals surface area (Å²) in [4.78, 5) is 39.9. The van der Waals surface area contributed by atoms with E-state index in [-0.39, 0.29) is 18.0 Å². The molecule has 2 aromatic rings. The number of hydrogen-bond donors (Lipinski definition) is 0. The highest BCUT2D eigenvalue weighted by molar-refractivity contribution is 5.70. The minimum absolute atomic E-state index is 0.132. The monoisotopic (exact) mass is 322 g/mol. The van der Waals surface area contributed by atoms with Gasteiger partial charge in [-0.1, -0.05) is 20.8 Å². The number of fused-ring (bicyclic) bond motifs is 1. The molecule has 0 aliphatic carbocycles. The Bertz CT molecular complexity index is 851. The first-order valence-electron chi connectivity index (χ1n) is 7.38. The number of hydrogen-bond acceptors (Lipinski definition) is 5. The maximum atomic E-state index is 12.2. The summed E-state index contributed by atoms with van der Waals surface area (Å²) in [6.07, 6.45) is 1.80. The molecule has 2 aromatic heterocycles. The Morgan fingerprint density at radius 3 is 2.48 bits per heavy atom. The summed E-state index contributed by atoms with van der Waals surface area (Å²) in [6, 6.07) is 0. The van der Waals surface area contributed by atoms with Gasteiger partial charge in [0, 0.05) is 14.1 Å². The summed E-state index contributed by atoms with van der Waals surface area (Å²) in [6.45, 7) is 6.33. The molecule has 0 radical (unpaired) electrons. The lowest BCUT2D eigenvalue weighted by Gasteiger charge is -2.16. The van der Waals surface area contributed by atoms with Crippen molar-refractivity contribution in [1.29, 1.82) is 0 Å². The van der Waals surface area contributed by atoms with Crippen LogP contribution in [0, 0.1) is 5.41 Å². The third-order valence-corrected chi connectivity index (χ3v) is 3.49. The van der Waals surface area contributed by atoms with Gasteiger partial charge in [0.2, 0.25) is 0 Å². The van der Waals surface area contributed by atoms with Crippen molar-refractivity contribution < 1.29 is 9.53 Å². The second-order valence-corrected chi connectivity index (χ2v) is 6.77. The number of carbonyl (C=O) groups excluding carboxylic acids is 1. The van der Waals surface area contributed by atoms with Gasteiger partial charge in [-0.3, -0.25) is 18.7 Å². The van der Waals surface area contributed by atoms with Crippen LogP contribution < -0.4 is 11.2 Å². The molecule has 23 heavy (non-hydrogen) atoms. The molecule has 0 spiro atoms. The van der Waals surface area contributed by atoms with Gasteiger partial charge in [0.15, 0.2) is 11.2 Å². The van der Waals surface area contributed by atoms with Crippen molar-refractivity contribution in [2.24, 2.45) is 19.5 Å². The van der Waals surface area contributed by atoms with Crippen molar-refractivity contribution in [3.05, 3.63) is 27.2 Å². The predicted molar refractivity (Wildman–Crippen MR) is 85.2 cm³/mol. The highest BCUT2D eigenvalue weighted by atomic mass is 16.5. The molecule has 0 fully saturated rings. The Balaban J connectivity index is 2.18. The van der Waals surface area contributed by atoms with Gasteiger partial charge in [-0.15, -0.1) is 0 Å². The van der Waals surface area contributed by atoms with Crippen LogP contribution in [0.3, 0.4) is 0 Å². The molecule has 0 unspecified atom stereocenters. The molecule has 0 saturated carbocycles. The molecule has 8 heteroatoms. The van der Waals surface area contributed by atoms with E-state index < -0.39 is 11.2 Å². The molecule has 0 saturated heterocycles. The predicted octanol–water partition coefficient (Wildman–Crippen LogP) is 0.413. The van der Waals surface area contributed by atoms with Crippen LogP contribution in [0.15, 0.2) is 15.9 Å². The maximum absolute atomic E-state index is 12.2. The molecule has 0 aromatic carbocycles. The second kappa shape index (κ2) is 6.02. The molecule has 0 aliphatic heterocycles. The third kappa shape index (κ3) is 3.52. The minimum atomic E-state index is -0.427. The molecular weight excluding hydrogens is 300 g/mol. The van der Waals surface area contributed by atoms with Crippen molar-refractivity contribution in [2.45, 2.75) is 33.7 Å². The number of imidazole rings is 1. The van der Waals surface area contributed by atoms with Crippen LogP contribution in [-0.2, 0) is 30.2 Å². The van der Waals surface area contributed by atoms with E-state index in [4.69, 9.17) is 4.74 Å². The molecule has 0 bridgehead atoms. The lowest BCUT2D eigenvalue weighted by atomic mass is 9.93. The first-order valence-corrected chi connectivity index (χ1v) is 7.38. The average Bonchev–Trinajstić information content (AvgIpc) is 2.85. The molecular formula is C15H22N4O4. The lowest BCUT2D eigenvalue weighted by molar-refractivity contribution is -0.146. The van der Waals surface area contributed by atoms with Crippen LogP contribution in [0.2, 0.25) is 0 Å². The number of ether oxygens (including phenoxy) is 1. The number of rotatable bonds is 4. The number of nitrogens with zero attached hydrogens (tertiary/aromatic N) is 4. The van der Waals surface area contributed by atoms with Crippen molar-refractivity contribution in [3.8, 4) is 0 Å². The number of esters is 1. The minimum Gasteiger partial charge on any atom is -0.464 e. The van der Waals surface area contributed by atoms with E-state index in [1.165, 1.54) is 17.9 Å². The van der Waals surface area contributed by atoms with Crippen LogP contribution in [0.4, 0.5) is 0 Å². The highest BCUT2D eigenvalue weighted by Crippen LogP contribution is 2.18. The second-order valence-electron chi connectivity index (χ2n) is 6.77. The summed E-state index contributed by atoms with van der Waals surface area (Å²) in [5, 5.41) is 0. The normalized spacial score (nSPS) is 11.9. The molecule has 126 valence electrons. The fourth-order valence-corrected chi connectivity index (χ4v) is 2.31. The average molecular weight is 322 g/mol. The Kier molecular flexibility index (Phi) is 4.44. The van der Waals surface area contributed by atoms with E-state index >= 15 is 0 Å². The van der Waals surface area contributed by atoms with E-state index in [0.29, 0.717) is 24.1 Å². The largest absolute Gasteiger partial charge is 0.464 e. The summed E-state index contributed by atoms with van der Waals surface area (Å²) < 4.78 is 9.15. The quantitative estimate of drug-likeness (QED) is 0.761. The zero-order chi connectivity index (χ0) is 17.4. The van der Waals surface area contributed by atoms with E-state index in [9.17, 15) is 14.4 Å². The SMILES string of the molecule is Cn1c(=O)c2c(ncn2CCOC(=O)CC(C)(C)C)n(C)c1=O. The summed E-state index contributed by atoms with van der Waals surface area (Å²) in [5.74, 6) is -0.276. The van der Waals surface area contributed by atoms with E-state index in [1.54, 1.807) is 11.6 Å². The number of aryl methyl sites for hydroxylation is 1. The van der Waals surface area contributed by atoms with E-state index in [1.807, 2.05) is 20.8 Å². The Hall–Kier alpha value is -2.38.